The summed E-state index contributed by atoms with van der Waals surface area (Å²) in [5.74, 6) is -0.463. The molecule has 1 aromatic heterocycles. The van der Waals surface area contributed by atoms with Gasteiger partial charge in [0.25, 0.3) is 0 Å². The van der Waals surface area contributed by atoms with E-state index in [2.05, 4.69) is 9.97 Å². The number of esters is 1. The molecule has 0 saturated carbocycles. The minimum Gasteiger partial charge on any atom is -0.461 e. The van der Waals surface area contributed by atoms with Gasteiger partial charge in [0.1, 0.15) is 22.4 Å². The molecule has 0 fully saturated rings. The summed E-state index contributed by atoms with van der Waals surface area (Å²) in [6.45, 7) is 2.09. The molecule has 0 radical (unpaired) electrons. The first kappa shape index (κ1) is 16.0. The van der Waals surface area contributed by atoms with Crippen molar-refractivity contribution in [2.24, 2.45) is 0 Å². The highest BCUT2D eigenvalue weighted by atomic mass is 16.5. The Balaban J connectivity index is 2.03. The molecule has 2 aromatic rings. The molecular weight excluding hydrogens is 336 g/mol. The van der Waals surface area contributed by atoms with E-state index >= 15 is 0 Å². The lowest BCUT2D eigenvalue weighted by atomic mass is 10.1. The van der Waals surface area contributed by atoms with Crippen LogP contribution in [0.4, 0.5) is 0 Å². The molecule has 1 N–H and O–H groups in total. The predicted molar refractivity (Wildman–Crippen MR) is 95.6 cm³/mol. The van der Waals surface area contributed by atoms with Gasteiger partial charge in [-0.25, -0.2) is 9.78 Å². The fourth-order valence-corrected chi connectivity index (χ4v) is 2.81. The molecule has 0 bridgehead atoms. The summed E-state index contributed by atoms with van der Waals surface area (Å²) in [5.41, 5.74) is 0.323. The van der Waals surface area contributed by atoms with Gasteiger partial charge in [0, 0.05) is 12.1 Å². The Hall–Kier alpha value is -3.48. The van der Waals surface area contributed by atoms with Crippen molar-refractivity contribution < 1.29 is 13.9 Å². The summed E-state index contributed by atoms with van der Waals surface area (Å²) in [5, 5.41) is 0.0917. The number of para-hydroxylation sites is 2. The Labute approximate surface area is 146 Å². The Morgan fingerprint density at radius 3 is 2.81 bits per heavy atom. The summed E-state index contributed by atoms with van der Waals surface area (Å²) >= 11 is 0. The minimum atomic E-state index is -0.679. The van der Waals surface area contributed by atoms with Gasteiger partial charge in [-0.15, -0.1) is 0 Å². The van der Waals surface area contributed by atoms with Crippen molar-refractivity contribution in [3.05, 3.63) is 62.5 Å². The van der Waals surface area contributed by atoms with Crippen molar-refractivity contribution in [2.45, 2.75) is 13.3 Å². The van der Waals surface area contributed by atoms with E-state index in [-0.39, 0.29) is 34.7 Å². The Kier molecular flexibility index (Phi) is 3.76. The number of carbonyl (C=O) groups is 1. The Bertz CT molecular complexity index is 1240. The Morgan fingerprint density at radius 1 is 1.19 bits per heavy atom. The van der Waals surface area contributed by atoms with Crippen molar-refractivity contribution in [1.29, 1.82) is 0 Å². The molecule has 1 aromatic carbocycles. The third-order valence-electron chi connectivity index (χ3n) is 3.98. The van der Waals surface area contributed by atoms with Gasteiger partial charge >= 0.3 is 5.97 Å². The molecule has 1 aliphatic carbocycles. The van der Waals surface area contributed by atoms with E-state index in [9.17, 15) is 14.4 Å². The molecule has 0 unspecified atom stereocenters. The number of benzene rings is 2. The minimum absolute atomic E-state index is 0.00595. The highest BCUT2D eigenvalue weighted by Gasteiger charge is 2.20. The van der Waals surface area contributed by atoms with Gasteiger partial charge < -0.3 is 14.1 Å². The van der Waals surface area contributed by atoms with E-state index in [1.807, 2.05) is 6.92 Å². The second-order valence-electron chi connectivity index (χ2n) is 5.84. The lowest BCUT2D eigenvalue weighted by molar-refractivity contribution is 0.0498. The number of nitrogens with one attached hydrogen (secondary N) is 1. The lowest BCUT2D eigenvalue weighted by Gasteiger charge is -2.10. The summed E-state index contributed by atoms with van der Waals surface area (Å²) in [6.07, 6.45) is 0.652. The van der Waals surface area contributed by atoms with E-state index < -0.39 is 16.8 Å². The van der Waals surface area contributed by atoms with E-state index in [0.717, 1.165) is 6.07 Å². The van der Waals surface area contributed by atoms with Crippen molar-refractivity contribution in [1.82, 2.24) is 9.97 Å². The van der Waals surface area contributed by atoms with Crippen LogP contribution in [0.15, 0.2) is 50.4 Å². The maximum atomic E-state index is 12.6. The van der Waals surface area contributed by atoms with Crippen LogP contribution in [0.1, 0.15) is 23.8 Å². The first-order valence-electron chi connectivity index (χ1n) is 8.15. The van der Waals surface area contributed by atoms with Gasteiger partial charge in [-0.2, -0.15) is 0 Å². The molecule has 7 nitrogen and oxygen atoms in total. The SMILES string of the molecule is CCCOC(=O)c1cc(=O)c2c3nc4ccccc4oc-3cc(=O)c2[nH]1. The summed E-state index contributed by atoms with van der Waals surface area (Å²) in [4.78, 5) is 44.3. The zero-order valence-electron chi connectivity index (χ0n) is 13.9. The van der Waals surface area contributed by atoms with E-state index in [0.29, 0.717) is 17.5 Å². The van der Waals surface area contributed by atoms with Gasteiger partial charge in [0.15, 0.2) is 16.8 Å². The van der Waals surface area contributed by atoms with Crippen molar-refractivity contribution in [3.8, 4) is 11.5 Å². The third kappa shape index (κ3) is 2.54. The zero-order valence-corrected chi connectivity index (χ0v) is 13.9. The molecular formula is C19H14N2O5. The number of hydrogen-bond acceptors (Lipinski definition) is 6. The monoisotopic (exact) mass is 350 g/mol. The number of fused-ring (bicyclic) bond motifs is 4. The molecule has 0 saturated heterocycles. The molecule has 0 spiro atoms. The number of pyridine rings is 1. The third-order valence-corrected chi connectivity index (χ3v) is 3.98. The fourth-order valence-electron chi connectivity index (χ4n) is 2.81. The van der Waals surface area contributed by atoms with Crippen molar-refractivity contribution in [3.63, 3.8) is 0 Å². The van der Waals surface area contributed by atoms with Crippen LogP contribution in [0.3, 0.4) is 0 Å². The van der Waals surface area contributed by atoms with Crippen LogP contribution in [0.5, 0.6) is 0 Å². The maximum absolute atomic E-state index is 12.6. The van der Waals surface area contributed by atoms with Crippen LogP contribution in [-0.2, 0) is 4.74 Å². The molecule has 1 aliphatic heterocycles. The van der Waals surface area contributed by atoms with Crippen molar-refractivity contribution >= 4 is 28.0 Å². The molecule has 130 valence electrons. The normalized spacial score (nSPS) is 11.3. The number of aromatic amines is 1. The second kappa shape index (κ2) is 6.11. The fraction of sp³-hybridized carbons (Fsp3) is 0.158. The maximum Gasteiger partial charge on any atom is 0.354 e. The van der Waals surface area contributed by atoms with Gasteiger partial charge in [0.05, 0.1) is 12.0 Å². The highest BCUT2D eigenvalue weighted by molar-refractivity contribution is 5.97. The molecule has 0 amide bonds. The molecule has 26 heavy (non-hydrogen) atoms. The average molecular weight is 350 g/mol. The largest absolute Gasteiger partial charge is 0.461 e. The van der Waals surface area contributed by atoms with Gasteiger partial charge in [-0.05, 0) is 18.6 Å². The summed E-state index contributed by atoms with van der Waals surface area (Å²) < 4.78 is 10.7. The van der Waals surface area contributed by atoms with Crippen LogP contribution < -0.4 is 10.9 Å². The standard InChI is InChI=1S/C19H14N2O5/c1-2-7-25-19(24)11-8-12(22)16-17(21-11)13(23)9-15-18(16)20-10-5-3-4-6-14(10)26-15/h3-6,8-9H,2,7H2,1H3,(H,21,22). The summed E-state index contributed by atoms with van der Waals surface area (Å²) in [6, 6.07) is 9.45. The number of carbonyl (C=O) groups excluding carboxylic acids is 1. The first-order valence-corrected chi connectivity index (χ1v) is 8.15. The smallest absolute Gasteiger partial charge is 0.354 e. The van der Waals surface area contributed by atoms with Crippen LogP contribution >= 0.6 is 0 Å². The number of rotatable bonds is 3. The second-order valence-corrected chi connectivity index (χ2v) is 5.84. The summed E-state index contributed by atoms with van der Waals surface area (Å²) in [7, 11) is 0. The van der Waals surface area contributed by atoms with E-state index in [1.165, 1.54) is 6.07 Å². The molecule has 2 heterocycles. The van der Waals surface area contributed by atoms with Crippen LogP contribution in [0.25, 0.3) is 33.5 Å². The van der Waals surface area contributed by atoms with E-state index in [4.69, 9.17) is 9.15 Å². The number of H-pyrrole nitrogens is 1. The molecule has 7 heteroatoms. The van der Waals surface area contributed by atoms with E-state index in [1.54, 1.807) is 24.3 Å². The van der Waals surface area contributed by atoms with Crippen LogP contribution in [0, 0.1) is 0 Å². The number of aromatic nitrogens is 2. The molecule has 2 aliphatic rings. The first-order chi connectivity index (χ1) is 12.6. The zero-order chi connectivity index (χ0) is 18.3. The lowest BCUT2D eigenvalue weighted by Crippen LogP contribution is -2.18. The highest BCUT2D eigenvalue weighted by Crippen LogP contribution is 2.27. The van der Waals surface area contributed by atoms with Crippen LogP contribution in [0.2, 0.25) is 0 Å². The number of ether oxygens (including phenoxy) is 1. The quantitative estimate of drug-likeness (QED) is 0.346. The Morgan fingerprint density at radius 2 is 2.00 bits per heavy atom. The van der Waals surface area contributed by atoms with Gasteiger partial charge in [-0.3, -0.25) is 9.59 Å². The predicted octanol–water partition coefficient (Wildman–Crippen LogP) is 2.70. The molecule has 0 atom stereocenters. The van der Waals surface area contributed by atoms with Crippen molar-refractivity contribution in [2.75, 3.05) is 6.61 Å². The van der Waals surface area contributed by atoms with Crippen LogP contribution in [-0.4, -0.2) is 22.5 Å². The van der Waals surface area contributed by atoms with Gasteiger partial charge in [-0.1, -0.05) is 19.1 Å². The number of nitrogens with zero attached hydrogens (tertiary/aromatic N) is 1. The topological polar surface area (TPSA) is 102 Å². The average Bonchev–Trinajstić information content (AvgIpc) is 2.64. The van der Waals surface area contributed by atoms with Gasteiger partial charge in [0.2, 0.25) is 5.43 Å². The molecule has 4 rings (SSSR count). The number of hydrogen-bond donors (Lipinski definition) is 1.